The van der Waals surface area contributed by atoms with Crippen LogP contribution in [0, 0.1) is 11.7 Å². The Morgan fingerprint density at radius 2 is 1.81 bits per heavy atom. The van der Waals surface area contributed by atoms with Crippen LogP contribution in [0.25, 0.3) is 0 Å². The molecular weight excluding hydrogens is 347 g/mol. The van der Waals surface area contributed by atoms with E-state index >= 15 is 0 Å². The van der Waals surface area contributed by atoms with E-state index in [9.17, 15) is 14.0 Å². The van der Waals surface area contributed by atoms with Crippen LogP contribution in [-0.2, 0) is 27.4 Å². The molecule has 0 heterocycles. The number of rotatable bonds is 11. The molecule has 0 aromatic heterocycles. The second-order valence-electron chi connectivity index (χ2n) is 6.59. The topological polar surface area (TPSA) is 52.6 Å². The third-order valence-electron chi connectivity index (χ3n) is 4.24. The summed E-state index contributed by atoms with van der Waals surface area (Å²) in [5.41, 5.74) is 1.78. The summed E-state index contributed by atoms with van der Waals surface area (Å²) in [7, 11) is 1.53. The summed E-state index contributed by atoms with van der Waals surface area (Å²) in [5, 5.41) is 0. The van der Waals surface area contributed by atoms with Crippen molar-refractivity contribution in [1.82, 2.24) is 0 Å². The van der Waals surface area contributed by atoms with E-state index in [4.69, 9.17) is 9.47 Å². The Morgan fingerprint density at radius 1 is 1.07 bits per heavy atom. The van der Waals surface area contributed by atoms with Crippen molar-refractivity contribution >= 4 is 11.6 Å². The van der Waals surface area contributed by atoms with Crippen molar-refractivity contribution in [3.05, 3.63) is 65.5 Å². The van der Waals surface area contributed by atoms with Crippen LogP contribution in [0.3, 0.4) is 0 Å². The summed E-state index contributed by atoms with van der Waals surface area (Å²) < 4.78 is 23.9. The molecule has 0 aliphatic rings. The number of benzene rings is 2. The molecule has 0 fully saturated rings. The van der Waals surface area contributed by atoms with Gasteiger partial charge in [0.05, 0.1) is 6.61 Å². The lowest BCUT2D eigenvalue weighted by molar-refractivity contribution is -0.128. The van der Waals surface area contributed by atoms with Crippen LogP contribution < -0.4 is 4.74 Å². The molecular formula is C22H25FO4. The normalized spacial score (nSPS) is 11.8. The molecule has 1 atom stereocenters. The highest BCUT2D eigenvalue weighted by Crippen LogP contribution is 2.17. The van der Waals surface area contributed by atoms with Crippen LogP contribution in [-0.4, -0.2) is 25.3 Å². The summed E-state index contributed by atoms with van der Waals surface area (Å²) >= 11 is 0. The van der Waals surface area contributed by atoms with Crippen LogP contribution in [0.4, 0.5) is 4.39 Å². The van der Waals surface area contributed by atoms with Crippen LogP contribution in [0.2, 0.25) is 0 Å². The number of ether oxygens (including phenoxy) is 2. The number of carbonyl (C=O) groups is 2. The maximum atomic E-state index is 13.2. The average Bonchev–Trinajstić information content (AvgIpc) is 2.64. The first-order chi connectivity index (χ1) is 13.0. The lowest BCUT2D eigenvalue weighted by Gasteiger charge is -2.13. The molecule has 0 saturated heterocycles. The first-order valence-electron chi connectivity index (χ1n) is 8.95. The van der Waals surface area contributed by atoms with Gasteiger partial charge in [0, 0.05) is 25.9 Å². The summed E-state index contributed by atoms with van der Waals surface area (Å²) in [5.74, 6) is 0.0564. The first-order valence-corrected chi connectivity index (χ1v) is 8.95. The van der Waals surface area contributed by atoms with Gasteiger partial charge >= 0.3 is 0 Å². The molecule has 0 aliphatic heterocycles. The van der Waals surface area contributed by atoms with Crippen molar-refractivity contribution in [2.75, 3.05) is 13.7 Å². The highest BCUT2D eigenvalue weighted by molar-refractivity contribution is 5.87. The van der Waals surface area contributed by atoms with Gasteiger partial charge in [0.1, 0.15) is 29.7 Å². The van der Waals surface area contributed by atoms with E-state index in [1.165, 1.54) is 26.2 Å². The smallest absolute Gasteiger partial charge is 0.139 e. The molecule has 2 aromatic rings. The number of carbonyl (C=O) groups excluding carboxylic acids is 2. The van der Waals surface area contributed by atoms with E-state index in [2.05, 4.69) is 0 Å². The SMILES string of the molecule is COC[C@@H](CC(C)=O)C(=O)CCc1ccc(OCc2cccc(F)c2)cc1. The Bertz CT molecular complexity index is 755. The average molecular weight is 372 g/mol. The minimum Gasteiger partial charge on any atom is -0.489 e. The third kappa shape index (κ3) is 7.31. The van der Waals surface area contributed by atoms with Gasteiger partial charge in [-0.25, -0.2) is 4.39 Å². The zero-order valence-electron chi connectivity index (χ0n) is 15.7. The van der Waals surface area contributed by atoms with Gasteiger partial charge in [-0.1, -0.05) is 24.3 Å². The number of methoxy groups -OCH3 is 1. The molecule has 4 nitrogen and oxygen atoms in total. The molecule has 2 rings (SSSR count). The standard InChI is InChI=1S/C22H25FO4/c1-16(24)12-19(15-26-2)22(25)11-8-17-6-9-21(10-7-17)27-14-18-4-3-5-20(23)13-18/h3-7,9-10,13,19H,8,11-12,14-15H2,1-2H3/t19-/m1/s1. The lowest BCUT2D eigenvalue weighted by Crippen LogP contribution is -2.22. The van der Waals surface area contributed by atoms with Gasteiger partial charge in [0.25, 0.3) is 0 Å². The van der Waals surface area contributed by atoms with Crippen LogP contribution in [0.15, 0.2) is 48.5 Å². The molecule has 2 aromatic carbocycles. The van der Waals surface area contributed by atoms with E-state index in [1.54, 1.807) is 12.1 Å². The van der Waals surface area contributed by atoms with Gasteiger partial charge in [0.2, 0.25) is 0 Å². The fraction of sp³-hybridized carbons (Fsp3) is 0.364. The number of hydrogen-bond acceptors (Lipinski definition) is 4. The minimum atomic E-state index is -0.374. The third-order valence-corrected chi connectivity index (χ3v) is 4.24. The molecule has 0 aliphatic carbocycles. The van der Waals surface area contributed by atoms with E-state index in [0.717, 1.165) is 11.1 Å². The van der Waals surface area contributed by atoms with Gasteiger partial charge < -0.3 is 14.3 Å². The van der Waals surface area contributed by atoms with Crippen LogP contribution in [0.5, 0.6) is 5.75 Å². The fourth-order valence-electron chi connectivity index (χ4n) is 2.83. The van der Waals surface area contributed by atoms with Crippen molar-refractivity contribution in [2.45, 2.75) is 32.8 Å². The highest BCUT2D eigenvalue weighted by atomic mass is 19.1. The molecule has 0 spiro atoms. The number of aryl methyl sites for hydroxylation is 1. The van der Waals surface area contributed by atoms with Crippen molar-refractivity contribution in [1.29, 1.82) is 0 Å². The summed E-state index contributed by atoms with van der Waals surface area (Å²) in [6, 6.07) is 13.8. The molecule has 0 saturated carbocycles. The Hall–Kier alpha value is -2.53. The zero-order valence-corrected chi connectivity index (χ0v) is 15.7. The Morgan fingerprint density at radius 3 is 2.44 bits per heavy atom. The predicted octanol–water partition coefficient (Wildman–Crippen LogP) is 4.15. The zero-order chi connectivity index (χ0) is 19.6. The van der Waals surface area contributed by atoms with Crippen LogP contribution in [0.1, 0.15) is 30.9 Å². The first kappa shape index (κ1) is 20.8. The van der Waals surface area contributed by atoms with Crippen LogP contribution >= 0.6 is 0 Å². The monoisotopic (exact) mass is 372 g/mol. The van der Waals surface area contributed by atoms with Crippen molar-refractivity contribution in [3.63, 3.8) is 0 Å². The Labute approximate surface area is 159 Å². The molecule has 0 unspecified atom stereocenters. The van der Waals surface area contributed by atoms with Gasteiger partial charge in [0.15, 0.2) is 0 Å². The Kier molecular flexibility index (Phi) is 8.14. The summed E-state index contributed by atoms with van der Waals surface area (Å²) in [6.45, 7) is 2.04. The van der Waals surface area contributed by atoms with E-state index in [0.29, 0.717) is 25.2 Å². The van der Waals surface area contributed by atoms with E-state index < -0.39 is 0 Å². The van der Waals surface area contributed by atoms with Gasteiger partial charge in [-0.05, 0) is 48.7 Å². The van der Waals surface area contributed by atoms with Crippen molar-refractivity contribution in [2.24, 2.45) is 5.92 Å². The van der Waals surface area contributed by atoms with Crippen molar-refractivity contribution in [3.8, 4) is 5.75 Å². The molecule has 5 heteroatoms. The van der Waals surface area contributed by atoms with Crippen molar-refractivity contribution < 1.29 is 23.5 Å². The molecule has 144 valence electrons. The van der Waals surface area contributed by atoms with Gasteiger partial charge in [-0.2, -0.15) is 0 Å². The summed E-state index contributed by atoms with van der Waals surface area (Å²) in [6.07, 6.45) is 1.19. The lowest BCUT2D eigenvalue weighted by atomic mass is 9.94. The second kappa shape index (κ2) is 10.6. The van der Waals surface area contributed by atoms with E-state index in [-0.39, 0.29) is 36.3 Å². The molecule has 0 bridgehead atoms. The minimum absolute atomic E-state index is 0.00907. The number of halogens is 1. The quantitative estimate of drug-likeness (QED) is 0.595. The number of ketones is 2. The molecule has 0 amide bonds. The van der Waals surface area contributed by atoms with Gasteiger partial charge in [-0.3, -0.25) is 4.79 Å². The largest absolute Gasteiger partial charge is 0.489 e. The Balaban J connectivity index is 1.84. The molecule has 27 heavy (non-hydrogen) atoms. The fourth-order valence-corrected chi connectivity index (χ4v) is 2.83. The molecule has 0 N–H and O–H groups in total. The second-order valence-corrected chi connectivity index (χ2v) is 6.59. The van der Waals surface area contributed by atoms with Gasteiger partial charge in [-0.15, -0.1) is 0 Å². The maximum absolute atomic E-state index is 13.2. The summed E-state index contributed by atoms with van der Waals surface area (Å²) in [4.78, 5) is 23.6. The molecule has 0 radical (unpaired) electrons. The predicted molar refractivity (Wildman–Crippen MR) is 101 cm³/mol. The number of Topliss-reactive ketones (excluding diaryl/α,β-unsaturated/α-hetero) is 2. The number of hydrogen-bond donors (Lipinski definition) is 0. The van der Waals surface area contributed by atoms with E-state index in [1.807, 2.05) is 24.3 Å². The highest BCUT2D eigenvalue weighted by Gasteiger charge is 2.19. The maximum Gasteiger partial charge on any atom is 0.139 e.